The number of hydrogen-bond donors (Lipinski definition) is 0. The molecule has 1 aromatic rings. The van der Waals surface area contributed by atoms with Crippen LogP contribution in [0.15, 0.2) is 35.2 Å². The van der Waals surface area contributed by atoms with Crippen molar-refractivity contribution in [2.75, 3.05) is 39.0 Å². The van der Waals surface area contributed by atoms with Gasteiger partial charge in [-0.1, -0.05) is 18.2 Å². The van der Waals surface area contributed by atoms with Crippen LogP contribution in [0.3, 0.4) is 0 Å². The summed E-state index contributed by atoms with van der Waals surface area (Å²) in [6.07, 6.45) is 0. The highest BCUT2D eigenvalue weighted by atomic mass is 32.2. The van der Waals surface area contributed by atoms with E-state index in [4.69, 9.17) is 0 Å². The molecule has 0 saturated carbocycles. The number of carbonyl (C=O) groups is 1. The molecule has 0 N–H and O–H groups in total. The van der Waals surface area contributed by atoms with Crippen molar-refractivity contribution in [2.24, 2.45) is 0 Å². The Morgan fingerprint density at radius 1 is 1.17 bits per heavy atom. The average Bonchev–Trinajstić information content (AvgIpc) is 2.40. The fraction of sp³-hybridized carbons (Fsp3) is 0.462. The van der Waals surface area contributed by atoms with Crippen LogP contribution in [0.5, 0.6) is 0 Å². The van der Waals surface area contributed by atoms with Gasteiger partial charge in [0.2, 0.25) is 5.91 Å². The highest BCUT2D eigenvalue weighted by molar-refractivity contribution is 7.85. The number of rotatable bonds is 3. The van der Waals surface area contributed by atoms with Crippen molar-refractivity contribution in [3.8, 4) is 0 Å². The van der Waals surface area contributed by atoms with Crippen molar-refractivity contribution in [1.82, 2.24) is 9.80 Å². The lowest BCUT2D eigenvalue weighted by Crippen LogP contribution is -2.48. The molecule has 1 heterocycles. The van der Waals surface area contributed by atoms with Crippen molar-refractivity contribution in [1.29, 1.82) is 0 Å². The number of likely N-dealkylation sites (N-methyl/N-ethyl adjacent to an activating group) is 1. The smallest absolute Gasteiger partial charge is 0.235 e. The fourth-order valence-electron chi connectivity index (χ4n) is 1.91. The maximum absolute atomic E-state index is 12.0. The van der Waals surface area contributed by atoms with Gasteiger partial charge in [-0.2, -0.15) is 0 Å². The molecule has 2 rings (SSSR count). The Hall–Kier alpha value is -1.20. The van der Waals surface area contributed by atoms with E-state index in [1.807, 2.05) is 25.2 Å². The van der Waals surface area contributed by atoms with E-state index in [2.05, 4.69) is 4.90 Å². The van der Waals surface area contributed by atoms with Crippen LogP contribution in [0.25, 0.3) is 0 Å². The molecular formula is C13H18N2O2S. The van der Waals surface area contributed by atoms with Gasteiger partial charge < -0.3 is 9.80 Å². The van der Waals surface area contributed by atoms with Gasteiger partial charge in [-0.15, -0.1) is 0 Å². The van der Waals surface area contributed by atoms with E-state index in [1.165, 1.54) is 0 Å². The molecule has 1 aliphatic rings. The summed E-state index contributed by atoms with van der Waals surface area (Å²) in [4.78, 5) is 16.7. The van der Waals surface area contributed by atoms with E-state index < -0.39 is 10.8 Å². The number of hydrogen-bond acceptors (Lipinski definition) is 3. The molecule has 4 nitrogen and oxygen atoms in total. The average molecular weight is 266 g/mol. The third-order valence-electron chi connectivity index (χ3n) is 3.12. The van der Waals surface area contributed by atoms with Crippen LogP contribution in [-0.4, -0.2) is 58.9 Å². The van der Waals surface area contributed by atoms with Crippen molar-refractivity contribution < 1.29 is 9.00 Å². The van der Waals surface area contributed by atoms with Crippen LogP contribution >= 0.6 is 0 Å². The molecule has 0 bridgehead atoms. The van der Waals surface area contributed by atoms with Gasteiger partial charge in [0.25, 0.3) is 0 Å². The maximum Gasteiger partial charge on any atom is 0.235 e. The summed E-state index contributed by atoms with van der Waals surface area (Å²) in [6.45, 7) is 3.26. The molecule has 18 heavy (non-hydrogen) atoms. The monoisotopic (exact) mass is 266 g/mol. The molecule has 0 radical (unpaired) electrons. The van der Waals surface area contributed by atoms with Crippen LogP contribution in [0.1, 0.15) is 0 Å². The third-order valence-corrected chi connectivity index (χ3v) is 4.42. The second-order valence-electron chi connectivity index (χ2n) is 4.49. The Bertz CT molecular complexity index is 428. The first kappa shape index (κ1) is 13.2. The molecule has 1 amide bonds. The molecule has 0 aromatic heterocycles. The Kier molecular flexibility index (Phi) is 4.49. The minimum atomic E-state index is -1.23. The number of amides is 1. The summed E-state index contributed by atoms with van der Waals surface area (Å²) in [5.41, 5.74) is 0. The molecule has 98 valence electrons. The van der Waals surface area contributed by atoms with Gasteiger partial charge in [-0.05, 0) is 19.2 Å². The zero-order chi connectivity index (χ0) is 13.0. The maximum atomic E-state index is 12.0. The van der Waals surface area contributed by atoms with E-state index in [0.717, 1.165) is 31.1 Å². The molecule has 1 saturated heterocycles. The molecule has 1 unspecified atom stereocenters. The van der Waals surface area contributed by atoms with Crippen LogP contribution in [0.4, 0.5) is 0 Å². The Balaban J connectivity index is 1.90. The van der Waals surface area contributed by atoms with Gasteiger partial charge in [0.05, 0.1) is 10.8 Å². The molecule has 1 atom stereocenters. The molecule has 1 fully saturated rings. The number of carbonyl (C=O) groups excluding carboxylic acids is 1. The Morgan fingerprint density at radius 3 is 2.39 bits per heavy atom. The molecule has 0 aliphatic carbocycles. The van der Waals surface area contributed by atoms with Gasteiger partial charge in [-0.3, -0.25) is 9.00 Å². The zero-order valence-corrected chi connectivity index (χ0v) is 11.4. The predicted molar refractivity (Wildman–Crippen MR) is 71.8 cm³/mol. The van der Waals surface area contributed by atoms with Crippen LogP contribution in [0.2, 0.25) is 0 Å². The summed E-state index contributed by atoms with van der Waals surface area (Å²) in [7, 11) is 0.817. The number of piperazine rings is 1. The van der Waals surface area contributed by atoms with Crippen molar-refractivity contribution in [3.05, 3.63) is 30.3 Å². The van der Waals surface area contributed by atoms with Crippen LogP contribution in [0, 0.1) is 0 Å². The summed E-state index contributed by atoms with van der Waals surface area (Å²) in [5, 5.41) is 0. The van der Waals surface area contributed by atoms with E-state index in [1.54, 1.807) is 17.0 Å². The summed E-state index contributed by atoms with van der Waals surface area (Å²) in [5.74, 6) is 0.0820. The largest absolute Gasteiger partial charge is 0.339 e. The predicted octanol–water partition coefficient (Wildman–Crippen LogP) is 0.568. The van der Waals surface area contributed by atoms with Gasteiger partial charge in [0, 0.05) is 31.1 Å². The second-order valence-corrected chi connectivity index (χ2v) is 5.94. The summed E-state index contributed by atoms with van der Waals surface area (Å²) >= 11 is 0. The van der Waals surface area contributed by atoms with Gasteiger partial charge in [-0.25, -0.2) is 0 Å². The number of benzene rings is 1. The molecule has 0 spiro atoms. The molecule has 5 heteroatoms. The lowest BCUT2D eigenvalue weighted by atomic mass is 10.3. The Labute approximate surface area is 110 Å². The second kappa shape index (κ2) is 6.11. The topological polar surface area (TPSA) is 40.6 Å². The molecule has 1 aliphatic heterocycles. The normalized spacial score (nSPS) is 18.6. The third kappa shape index (κ3) is 3.40. The van der Waals surface area contributed by atoms with E-state index in [0.29, 0.717) is 0 Å². The van der Waals surface area contributed by atoms with Crippen molar-refractivity contribution in [2.45, 2.75) is 4.90 Å². The quantitative estimate of drug-likeness (QED) is 0.803. The van der Waals surface area contributed by atoms with Crippen LogP contribution in [-0.2, 0) is 15.6 Å². The lowest BCUT2D eigenvalue weighted by Gasteiger charge is -2.32. The van der Waals surface area contributed by atoms with Crippen LogP contribution < -0.4 is 0 Å². The first-order valence-electron chi connectivity index (χ1n) is 6.06. The standard InChI is InChI=1S/C13H18N2O2S/c1-14-7-9-15(10-8-14)13(16)11-18(17)12-5-3-2-4-6-12/h2-6H,7-11H2,1H3. The van der Waals surface area contributed by atoms with E-state index in [-0.39, 0.29) is 11.7 Å². The minimum absolute atomic E-state index is 0.00899. The minimum Gasteiger partial charge on any atom is -0.339 e. The van der Waals surface area contributed by atoms with Gasteiger partial charge in [0.1, 0.15) is 5.75 Å². The summed E-state index contributed by atoms with van der Waals surface area (Å²) < 4.78 is 12.0. The van der Waals surface area contributed by atoms with Gasteiger partial charge >= 0.3 is 0 Å². The number of nitrogens with zero attached hydrogens (tertiary/aromatic N) is 2. The van der Waals surface area contributed by atoms with E-state index in [9.17, 15) is 9.00 Å². The van der Waals surface area contributed by atoms with Gasteiger partial charge in [0.15, 0.2) is 0 Å². The highest BCUT2D eigenvalue weighted by Gasteiger charge is 2.20. The van der Waals surface area contributed by atoms with Crippen molar-refractivity contribution in [3.63, 3.8) is 0 Å². The zero-order valence-electron chi connectivity index (χ0n) is 10.5. The Morgan fingerprint density at radius 2 is 1.78 bits per heavy atom. The molecular weight excluding hydrogens is 248 g/mol. The van der Waals surface area contributed by atoms with E-state index >= 15 is 0 Å². The lowest BCUT2D eigenvalue weighted by molar-refractivity contribution is -0.129. The fourth-order valence-corrected chi connectivity index (χ4v) is 2.95. The first-order valence-corrected chi connectivity index (χ1v) is 7.38. The highest BCUT2D eigenvalue weighted by Crippen LogP contribution is 2.07. The van der Waals surface area contributed by atoms with Crippen molar-refractivity contribution >= 4 is 16.7 Å². The first-order chi connectivity index (χ1) is 8.66. The molecule has 1 aromatic carbocycles. The SMILES string of the molecule is CN1CCN(C(=O)CS(=O)c2ccccc2)CC1. The summed E-state index contributed by atoms with van der Waals surface area (Å²) in [6, 6.07) is 9.16.